The van der Waals surface area contributed by atoms with Gasteiger partial charge in [-0.3, -0.25) is 0 Å². The van der Waals surface area contributed by atoms with E-state index < -0.39 is 0 Å². The molecule has 0 aliphatic heterocycles. The second-order valence-electron chi connectivity index (χ2n) is 16.0. The molecule has 13 aromatic rings. The highest BCUT2D eigenvalue weighted by Crippen LogP contribution is 2.47. The monoisotopic (exact) mass is 825 g/mol. The van der Waals surface area contributed by atoms with Crippen LogP contribution >= 0.6 is 22.7 Å². The molecule has 4 heteroatoms. The van der Waals surface area contributed by atoms with Crippen molar-refractivity contribution in [2.75, 3.05) is 4.90 Å². The predicted octanol–water partition coefficient (Wildman–Crippen LogP) is 17.9. The van der Waals surface area contributed by atoms with Gasteiger partial charge in [0.25, 0.3) is 0 Å². The molecule has 0 amide bonds. The molecule has 2 nitrogen and oxygen atoms in total. The van der Waals surface area contributed by atoms with Crippen LogP contribution in [0.15, 0.2) is 217 Å². The number of nitrogens with zero attached hydrogens (tertiary/aromatic N) is 1. The first-order valence-corrected chi connectivity index (χ1v) is 22.6. The van der Waals surface area contributed by atoms with Crippen LogP contribution in [0.4, 0.5) is 17.1 Å². The molecule has 290 valence electrons. The molecular formula is C58H35NOS2. The molecule has 10 aromatic carbocycles. The Morgan fingerprint density at radius 3 is 1.76 bits per heavy atom. The molecule has 3 heterocycles. The van der Waals surface area contributed by atoms with Crippen molar-refractivity contribution in [2.45, 2.75) is 0 Å². The summed E-state index contributed by atoms with van der Waals surface area (Å²) in [6, 6.07) is 77.3. The van der Waals surface area contributed by atoms with E-state index in [2.05, 4.69) is 217 Å². The van der Waals surface area contributed by atoms with Crippen LogP contribution in [0.25, 0.3) is 106 Å². The van der Waals surface area contributed by atoms with Crippen molar-refractivity contribution in [3.63, 3.8) is 0 Å². The number of benzene rings is 10. The van der Waals surface area contributed by atoms with E-state index in [4.69, 9.17) is 4.42 Å². The van der Waals surface area contributed by atoms with Crippen LogP contribution in [0.1, 0.15) is 0 Å². The van der Waals surface area contributed by atoms with E-state index >= 15 is 0 Å². The summed E-state index contributed by atoms with van der Waals surface area (Å²) in [6.07, 6.45) is 0. The highest BCUT2D eigenvalue weighted by atomic mass is 32.1. The molecule has 0 saturated carbocycles. The van der Waals surface area contributed by atoms with E-state index in [0.29, 0.717) is 0 Å². The van der Waals surface area contributed by atoms with Crippen molar-refractivity contribution in [3.8, 4) is 33.4 Å². The molecule has 0 aliphatic carbocycles. The van der Waals surface area contributed by atoms with Gasteiger partial charge in [-0.1, -0.05) is 133 Å². The van der Waals surface area contributed by atoms with Gasteiger partial charge in [0, 0.05) is 68.2 Å². The summed E-state index contributed by atoms with van der Waals surface area (Å²) in [5.41, 5.74) is 12.4. The lowest BCUT2D eigenvalue weighted by Gasteiger charge is -2.26. The molecule has 3 aromatic heterocycles. The van der Waals surface area contributed by atoms with E-state index in [0.717, 1.165) is 28.2 Å². The maximum Gasteiger partial charge on any atom is 0.136 e. The summed E-state index contributed by atoms with van der Waals surface area (Å²) in [4.78, 5) is 2.39. The number of hydrogen-bond acceptors (Lipinski definition) is 4. The third kappa shape index (κ3) is 5.61. The number of anilines is 3. The standard InChI is InChI=1S/C58H35NOS2/c1-2-10-36(11-3-1)37-20-25-41(26-21-37)59(42-27-22-39(23-28-42)45-16-8-13-38-12-4-5-14-44(38)45)43-29-33-55-50(35-43)49-34-40(24-32-54(49)61-55)46-17-9-18-51-56(46)57-52(60-51)31-30-48-47-15-6-7-19-53(47)62-58(48)57/h1-35H. The molecule has 0 bridgehead atoms. The maximum absolute atomic E-state index is 6.57. The fourth-order valence-electron chi connectivity index (χ4n) is 9.55. The first-order chi connectivity index (χ1) is 30.7. The van der Waals surface area contributed by atoms with Gasteiger partial charge in [-0.2, -0.15) is 0 Å². The maximum atomic E-state index is 6.57. The zero-order chi connectivity index (χ0) is 40.7. The van der Waals surface area contributed by atoms with Crippen LogP contribution in [0.2, 0.25) is 0 Å². The van der Waals surface area contributed by atoms with Crippen molar-refractivity contribution in [1.82, 2.24) is 0 Å². The van der Waals surface area contributed by atoms with Crippen molar-refractivity contribution in [2.24, 2.45) is 0 Å². The van der Waals surface area contributed by atoms with E-state index in [-0.39, 0.29) is 0 Å². The van der Waals surface area contributed by atoms with Gasteiger partial charge in [-0.05, 0) is 123 Å². The van der Waals surface area contributed by atoms with Crippen LogP contribution in [0.5, 0.6) is 0 Å². The minimum absolute atomic E-state index is 0.917. The predicted molar refractivity (Wildman–Crippen MR) is 268 cm³/mol. The van der Waals surface area contributed by atoms with Crippen molar-refractivity contribution >= 4 is 113 Å². The highest BCUT2D eigenvalue weighted by molar-refractivity contribution is 7.27. The number of rotatable bonds is 6. The molecule has 0 atom stereocenters. The SMILES string of the molecule is c1ccc(-c2ccc(N(c3ccc(-c4cccc5ccccc45)cc3)c3ccc4sc5ccc(-c6cccc7oc8ccc9c%10ccccc%10sc9c8c67)cc5c4c3)cc2)cc1. The smallest absolute Gasteiger partial charge is 0.136 e. The summed E-state index contributed by atoms with van der Waals surface area (Å²) >= 11 is 3.71. The average molecular weight is 826 g/mol. The van der Waals surface area contributed by atoms with Gasteiger partial charge < -0.3 is 9.32 Å². The third-order valence-corrected chi connectivity index (χ3v) is 14.8. The minimum atomic E-state index is 0.917. The zero-order valence-corrected chi connectivity index (χ0v) is 35.0. The zero-order valence-electron chi connectivity index (χ0n) is 33.4. The Morgan fingerprint density at radius 2 is 0.919 bits per heavy atom. The molecule has 0 N–H and O–H groups in total. The molecule has 0 fully saturated rings. The quantitative estimate of drug-likeness (QED) is 0.166. The summed E-state index contributed by atoms with van der Waals surface area (Å²) in [6.45, 7) is 0. The summed E-state index contributed by atoms with van der Waals surface area (Å²) < 4.78 is 11.7. The summed E-state index contributed by atoms with van der Waals surface area (Å²) in [5, 5.41) is 9.97. The van der Waals surface area contributed by atoms with Crippen LogP contribution in [0, 0.1) is 0 Å². The van der Waals surface area contributed by atoms with E-state index in [1.807, 2.05) is 22.7 Å². The van der Waals surface area contributed by atoms with E-state index in [9.17, 15) is 0 Å². The first kappa shape index (κ1) is 35.3. The van der Waals surface area contributed by atoms with Crippen LogP contribution in [0.3, 0.4) is 0 Å². The molecular weight excluding hydrogens is 791 g/mol. The van der Waals surface area contributed by atoms with Crippen LogP contribution < -0.4 is 4.90 Å². The van der Waals surface area contributed by atoms with Crippen LogP contribution in [-0.4, -0.2) is 0 Å². The van der Waals surface area contributed by atoms with Crippen molar-refractivity contribution in [3.05, 3.63) is 212 Å². The Hall–Kier alpha value is -7.50. The Kier molecular flexibility index (Phi) is 7.99. The van der Waals surface area contributed by atoms with Crippen molar-refractivity contribution in [1.29, 1.82) is 0 Å². The van der Waals surface area contributed by atoms with Gasteiger partial charge in [0.05, 0.1) is 0 Å². The van der Waals surface area contributed by atoms with Gasteiger partial charge in [-0.15, -0.1) is 22.7 Å². The lowest BCUT2D eigenvalue weighted by molar-refractivity contribution is 0.669. The number of fused-ring (bicyclic) bond motifs is 11. The topological polar surface area (TPSA) is 16.4 Å². The van der Waals surface area contributed by atoms with Crippen molar-refractivity contribution < 1.29 is 4.42 Å². The molecule has 0 aliphatic rings. The fourth-order valence-corrected chi connectivity index (χ4v) is 11.9. The van der Waals surface area contributed by atoms with Gasteiger partial charge in [-0.25, -0.2) is 0 Å². The second kappa shape index (κ2) is 14.0. The Morgan fingerprint density at radius 1 is 0.323 bits per heavy atom. The average Bonchev–Trinajstić information content (AvgIpc) is 4.03. The number of hydrogen-bond donors (Lipinski definition) is 0. The third-order valence-electron chi connectivity index (χ3n) is 12.5. The van der Waals surface area contributed by atoms with Gasteiger partial charge in [0.15, 0.2) is 0 Å². The largest absolute Gasteiger partial charge is 0.456 e. The fraction of sp³-hybridized carbons (Fsp3) is 0. The first-order valence-electron chi connectivity index (χ1n) is 21.0. The molecule has 62 heavy (non-hydrogen) atoms. The van der Waals surface area contributed by atoms with E-state index in [1.54, 1.807) is 0 Å². The number of furan rings is 1. The Bertz CT molecular complexity index is 3850. The van der Waals surface area contributed by atoms with Gasteiger partial charge in [0.2, 0.25) is 0 Å². The highest BCUT2D eigenvalue weighted by Gasteiger charge is 2.20. The minimum Gasteiger partial charge on any atom is -0.456 e. The van der Waals surface area contributed by atoms with Gasteiger partial charge in [0.1, 0.15) is 11.2 Å². The molecule has 0 unspecified atom stereocenters. The van der Waals surface area contributed by atoms with E-state index in [1.165, 1.54) is 95.3 Å². The second-order valence-corrected chi connectivity index (χ2v) is 18.1. The molecule has 13 rings (SSSR count). The number of thiophene rings is 2. The van der Waals surface area contributed by atoms with Crippen LogP contribution in [-0.2, 0) is 0 Å². The Balaban J connectivity index is 0.962. The lowest BCUT2D eigenvalue weighted by Crippen LogP contribution is -2.09. The van der Waals surface area contributed by atoms with Gasteiger partial charge >= 0.3 is 0 Å². The lowest BCUT2D eigenvalue weighted by atomic mass is 9.97. The molecule has 0 radical (unpaired) electrons. The Labute approximate surface area is 365 Å². The molecule has 0 spiro atoms. The summed E-state index contributed by atoms with van der Waals surface area (Å²) in [7, 11) is 0. The normalized spacial score (nSPS) is 11.9. The molecule has 0 saturated heterocycles. The summed E-state index contributed by atoms with van der Waals surface area (Å²) in [5.74, 6) is 0.